The number of hydrogen-bond donors (Lipinski definition) is 1. The van der Waals surface area contributed by atoms with Crippen molar-refractivity contribution in [2.45, 2.75) is 32.6 Å². The summed E-state index contributed by atoms with van der Waals surface area (Å²) in [5.74, 6) is -0.154. The van der Waals surface area contributed by atoms with Crippen LogP contribution in [0.5, 0.6) is 0 Å². The van der Waals surface area contributed by atoms with Crippen LogP contribution in [0.25, 0.3) is 0 Å². The van der Waals surface area contributed by atoms with Gasteiger partial charge in [0.25, 0.3) is 0 Å². The van der Waals surface area contributed by atoms with Gasteiger partial charge in [0.05, 0.1) is 6.54 Å². The quantitative estimate of drug-likeness (QED) is 0.664. The monoisotopic (exact) mass is 297 g/mol. The van der Waals surface area contributed by atoms with Crippen LogP contribution in [0.15, 0.2) is 16.9 Å². The second kappa shape index (κ2) is 9.93. The predicted molar refractivity (Wildman–Crippen MR) is 77.7 cm³/mol. The molecule has 0 radical (unpaired) electrons. The fourth-order valence-electron chi connectivity index (χ4n) is 1.87. The summed E-state index contributed by atoms with van der Waals surface area (Å²) < 4.78 is 9.48. The lowest BCUT2D eigenvalue weighted by molar-refractivity contribution is -0.138. The number of nitrogens with one attached hydrogen (secondary N) is 1. The number of methoxy groups -OCH3 is 1. The zero-order valence-electron chi connectivity index (χ0n) is 12.6. The summed E-state index contributed by atoms with van der Waals surface area (Å²) in [6, 6.07) is 1.54. The topological polar surface area (TPSA) is 84.7 Å². The normalized spacial score (nSPS) is 10.4. The van der Waals surface area contributed by atoms with Crippen LogP contribution in [-0.2, 0) is 14.3 Å². The van der Waals surface area contributed by atoms with E-state index < -0.39 is 0 Å². The van der Waals surface area contributed by atoms with Crippen molar-refractivity contribution in [3.8, 4) is 0 Å². The van der Waals surface area contributed by atoms with Crippen molar-refractivity contribution in [2.75, 3.05) is 32.1 Å². The first-order valence-electron chi connectivity index (χ1n) is 7.14. The average molecular weight is 297 g/mol. The Labute approximate surface area is 124 Å². The Hall–Kier alpha value is -1.89. The second-order valence-corrected chi connectivity index (χ2v) is 4.74. The summed E-state index contributed by atoms with van der Waals surface area (Å²) in [4.78, 5) is 25.3. The van der Waals surface area contributed by atoms with Gasteiger partial charge in [-0.3, -0.25) is 9.59 Å². The van der Waals surface area contributed by atoms with E-state index in [-0.39, 0.29) is 25.0 Å². The van der Waals surface area contributed by atoms with E-state index in [2.05, 4.69) is 21.9 Å². The van der Waals surface area contributed by atoms with Crippen molar-refractivity contribution in [1.82, 2.24) is 10.1 Å². The molecule has 0 saturated heterocycles. The average Bonchev–Trinajstić information content (AvgIpc) is 2.95. The molecule has 0 fully saturated rings. The van der Waals surface area contributed by atoms with Crippen LogP contribution in [0.3, 0.4) is 0 Å². The van der Waals surface area contributed by atoms with E-state index in [1.54, 1.807) is 6.07 Å². The molecule has 0 unspecified atom stereocenters. The zero-order chi connectivity index (χ0) is 15.5. The van der Waals surface area contributed by atoms with E-state index in [0.717, 1.165) is 25.7 Å². The molecule has 0 aliphatic rings. The molecule has 0 aliphatic heterocycles. The van der Waals surface area contributed by atoms with Gasteiger partial charge in [0.2, 0.25) is 11.8 Å². The fourth-order valence-corrected chi connectivity index (χ4v) is 1.87. The van der Waals surface area contributed by atoms with E-state index in [1.807, 2.05) is 0 Å². The second-order valence-electron chi connectivity index (χ2n) is 4.74. The van der Waals surface area contributed by atoms with Crippen LogP contribution in [0.2, 0.25) is 0 Å². The molecule has 2 amide bonds. The molecule has 0 bridgehead atoms. The van der Waals surface area contributed by atoms with Crippen molar-refractivity contribution in [3.05, 3.63) is 12.3 Å². The van der Waals surface area contributed by atoms with Crippen LogP contribution >= 0.6 is 0 Å². The number of aromatic nitrogens is 1. The molecule has 0 atom stereocenters. The lowest BCUT2D eigenvalue weighted by Gasteiger charge is -2.21. The molecule has 1 rings (SSSR count). The third-order valence-corrected chi connectivity index (χ3v) is 2.94. The number of carbonyl (C=O) groups is 2. The first kappa shape index (κ1) is 17.2. The zero-order valence-corrected chi connectivity index (χ0v) is 12.6. The third kappa shape index (κ3) is 6.89. The smallest absolute Gasteiger partial charge is 0.249 e. The van der Waals surface area contributed by atoms with Gasteiger partial charge in [-0.2, -0.15) is 0 Å². The number of nitrogens with zero attached hydrogens (tertiary/aromatic N) is 2. The van der Waals surface area contributed by atoms with Crippen LogP contribution in [-0.4, -0.2) is 48.7 Å². The number of hydrogen-bond acceptors (Lipinski definition) is 5. The standard InChI is InChI=1S/C14H23N3O4/c1-3-4-5-6-8-17(14(19)11-20-2)10-13(18)15-12-7-9-21-16-12/h7,9H,3-6,8,10-11H2,1-2H3,(H,15,16,18). The lowest BCUT2D eigenvalue weighted by atomic mass is 10.2. The molecule has 0 saturated carbocycles. The molecular formula is C14H23N3O4. The molecule has 0 aromatic carbocycles. The highest BCUT2D eigenvalue weighted by Gasteiger charge is 2.17. The van der Waals surface area contributed by atoms with Gasteiger partial charge < -0.3 is 19.5 Å². The van der Waals surface area contributed by atoms with Crippen LogP contribution < -0.4 is 5.32 Å². The number of ether oxygens (including phenoxy) is 1. The van der Waals surface area contributed by atoms with Gasteiger partial charge in [0.1, 0.15) is 12.9 Å². The number of unbranched alkanes of at least 4 members (excludes halogenated alkanes) is 3. The van der Waals surface area contributed by atoms with Crippen LogP contribution in [0, 0.1) is 0 Å². The van der Waals surface area contributed by atoms with Crippen LogP contribution in [0.4, 0.5) is 5.82 Å². The molecule has 118 valence electrons. The molecular weight excluding hydrogens is 274 g/mol. The van der Waals surface area contributed by atoms with Crippen molar-refractivity contribution in [3.63, 3.8) is 0 Å². The van der Waals surface area contributed by atoms with Crippen LogP contribution in [0.1, 0.15) is 32.6 Å². The predicted octanol–water partition coefficient (Wildman–Crippen LogP) is 1.67. The summed E-state index contributed by atoms with van der Waals surface area (Å²) in [5.41, 5.74) is 0. The van der Waals surface area contributed by atoms with Gasteiger partial charge in [0.15, 0.2) is 5.82 Å². The van der Waals surface area contributed by atoms with E-state index in [0.29, 0.717) is 12.4 Å². The largest absolute Gasteiger partial charge is 0.375 e. The Morgan fingerprint density at radius 3 is 2.81 bits per heavy atom. The summed E-state index contributed by atoms with van der Waals surface area (Å²) in [6.07, 6.45) is 5.53. The molecule has 0 spiro atoms. The van der Waals surface area contributed by atoms with Gasteiger partial charge in [0, 0.05) is 19.7 Å². The number of anilines is 1. The van der Waals surface area contributed by atoms with Crippen molar-refractivity contribution in [2.24, 2.45) is 0 Å². The Balaban J connectivity index is 2.46. The van der Waals surface area contributed by atoms with E-state index in [1.165, 1.54) is 18.3 Å². The SMILES string of the molecule is CCCCCCN(CC(=O)Nc1ccon1)C(=O)COC. The Kier molecular flexibility index (Phi) is 8.11. The number of carbonyl (C=O) groups excluding carboxylic acids is 2. The van der Waals surface area contributed by atoms with Crippen molar-refractivity contribution < 1.29 is 18.8 Å². The Morgan fingerprint density at radius 2 is 2.19 bits per heavy atom. The van der Waals surface area contributed by atoms with E-state index in [9.17, 15) is 9.59 Å². The molecule has 1 aromatic rings. The molecule has 1 heterocycles. The lowest BCUT2D eigenvalue weighted by Crippen LogP contribution is -2.40. The van der Waals surface area contributed by atoms with E-state index >= 15 is 0 Å². The summed E-state index contributed by atoms with van der Waals surface area (Å²) >= 11 is 0. The molecule has 1 N–H and O–H groups in total. The molecule has 1 aromatic heterocycles. The third-order valence-electron chi connectivity index (χ3n) is 2.94. The minimum atomic E-state index is -0.302. The molecule has 21 heavy (non-hydrogen) atoms. The Bertz CT molecular complexity index is 420. The molecule has 7 nitrogen and oxygen atoms in total. The molecule has 7 heteroatoms. The first-order valence-corrected chi connectivity index (χ1v) is 7.14. The maximum Gasteiger partial charge on any atom is 0.249 e. The van der Waals surface area contributed by atoms with Gasteiger partial charge in [-0.05, 0) is 6.42 Å². The maximum atomic E-state index is 11.9. The van der Waals surface area contributed by atoms with Crippen molar-refractivity contribution >= 4 is 17.6 Å². The van der Waals surface area contributed by atoms with Gasteiger partial charge in [-0.15, -0.1) is 0 Å². The first-order chi connectivity index (χ1) is 10.2. The van der Waals surface area contributed by atoms with Gasteiger partial charge >= 0.3 is 0 Å². The highest BCUT2D eigenvalue weighted by Crippen LogP contribution is 2.04. The minimum Gasteiger partial charge on any atom is -0.375 e. The minimum absolute atomic E-state index is 0.0127. The summed E-state index contributed by atoms with van der Waals surface area (Å²) in [5, 5.41) is 6.17. The highest BCUT2D eigenvalue weighted by atomic mass is 16.5. The van der Waals surface area contributed by atoms with Crippen molar-refractivity contribution in [1.29, 1.82) is 0 Å². The fraction of sp³-hybridized carbons (Fsp3) is 0.643. The highest BCUT2D eigenvalue weighted by molar-refractivity contribution is 5.93. The maximum absolute atomic E-state index is 11.9. The molecule has 0 aliphatic carbocycles. The Morgan fingerprint density at radius 1 is 1.38 bits per heavy atom. The number of rotatable bonds is 10. The number of amides is 2. The summed E-state index contributed by atoms with van der Waals surface area (Å²) in [6.45, 7) is 2.64. The van der Waals surface area contributed by atoms with E-state index in [4.69, 9.17) is 4.74 Å². The summed E-state index contributed by atoms with van der Waals surface area (Å²) in [7, 11) is 1.46. The van der Waals surface area contributed by atoms with Gasteiger partial charge in [-0.1, -0.05) is 31.3 Å². The van der Waals surface area contributed by atoms with Gasteiger partial charge in [-0.25, -0.2) is 0 Å².